The van der Waals surface area contributed by atoms with Crippen LogP contribution in [0.25, 0.3) is 0 Å². The third kappa shape index (κ3) is 5.20. The second-order valence-electron chi connectivity index (χ2n) is 6.88. The van der Waals surface area contributed by atoms with E-state index in [1.54, 1.807) is 6.08 Å². The van der Waals surface area contributed by atoms with E-state index in [-0.39, 0.29) is 16.2 Å². The van der Waals surface area contributed by atoms with Crippen LogP contribution in [0.15, 0.2) is 40.1 Å². The van der Waals surface area contributed by atoms with Gasteiger partial charge in [-0.2, -0.15) is 4.31 Å². The van der Waals surface area contributed by atoms with E-state index in [0.717, 1.165) is 12.8 Å². The van der Waals surface area contributed by atoms with Crippen molar-refractivity contribution in [2.45, 2.75) is 29.0 Å². The molecule has 3 rings (SSSR count). The summed E-state index contributed by atoms with van der Waals surface area (Å²) in [5.41, 5.74) is 0.124. The predicted molar refractivity (Wildman–Crippen MR) is 119 cm³/mol. The number of nitrogens with one attached hydrogen (secondary N) is 1. The molecule has 0 aliphatic carbocycles. The monoisotopic (exact) mass is 468 g/mol. The zero-order chi connectivity index (χ0) is 21.7. The summed E-state index contributed by atoms with van der Waals surface area (Å²) in [6, 6.07) is 4.33. The van der Waals surface area contributed by atoms with Crippen molar-refractivity contribution in [2.24, 2.45) is 5.92 Å². The fourth-order valence-corrected chi connectivity index (χ4v) is 6.02. The first-order chi connectivity index (χ1) is 14.3. The van der Waals surface area contributed by atoms with Crippen LogP contribution in [0.5, 0.6) is 5.75 Å². The summed E-state index contributed by atoms with van der Waals surface area (Å²) in [5, 5.41) is 11.0. The van der Waals surface area contributed by atoms with Crippen LogP contribution in [0.4, 0.5) is 5.13 Å². The highest BCUT2D eigenvalue weighted by Crippen LogP contribution is 2.29. The lowest BCUT2D eigenvalue weighted by Crippen LogP contribution is -2.37. The summed E-state index contributed by atoms with van der Waals surface area (Å²) in [6.07, 6.45) is 3.40. The Bertz CT molecular complexity index is 1010. The molecule has 0 saturated carbocycles. The minimum Gasteiger partial charge on any atom is -0.496 e. The van der Waals surface area contributed by atoms with Crippen molar-refractivity contribution in [1.82, 2.24) is 14.5 Å². The number of piperidine rings is 1. The Balaban J connectivity index is 1.82. The van der Waals surface area contributed by atoms with Gasteiger partial charge in [-0.15, -0.1) is 16.8 Å². The number of hydrogen-bond donors (Lipinski definition) is 1. The second kappa shape index (κ2) is 9.90. The number of carbonyl (C=O) groups excluding carboxylic acids is 1. The number of aromatic nitrogens is 2. The van der Waals surface area contributed by atoms with E-state index < -0.39 is 15.9 Å². The number of hydrogen-bond acceptors (Lipinski definition) is 8. The van der Waals surface area contributed by atoms with Crippen molar-refractivity contribution in [3.05, 3.63) is 36.4 Å². The van der Waals surface area contributed by atoms with Gasteiger partial charge in [0.2, 0.25) is 15.2 Å². The van der Waals surface area contributed by atoms with Crippen LogP contribution >= 0.6 is 23.1 Å². The molecule has 162 valence electrons. The first-order valence-electron chi connectivity index (χ1n) is 9.42. The Morgan fingerprint density at radius 3 is 2.80 bits per heavy atom. The van der Waals surface area contributed by atoms with Crippen LogP contribution < -0.4 is 10.1 Å². The van der Waals surface area contributed by atoms with E-state index in [1.807, 2.05) is 0 Å². The van der Waals surface area contributed by atoms with E-state index in [4.69, 9.17) is 4.74 Å². The maximum absolute atomic E-state index is 13.1. The minimum atomic E-state index is -3.69. The zero-order valence-corrected chi connectivity index (χ0v) is 19.3. The quantitative estimate of drug-likeness (QED) is 0.359. The van der Waals surface area contributed by atoms with Gasteiger partial charge in [-0.1, -0.05) is 36.1 Å². The van der Waals surface area contributed by atoms with Crippen LogP contribution in [-0.4, -0.2) is 54.8 Å². The van der Waals surface area contributed by atoms with Crippen molar-refractivity contribution >= 4 is 44.2 Å². The number of sulfonamides is 1. The van der Waals surface area contributed by atoms with Crippen molar-refractivity contribution in [1.29, 1.82) is 0 Å². The highest BCUT2D eigenvalue weighted by atomic mass is 32.2. The normalized spacial score (nSPS) is 15.7. The summed E-state index contributed by atoms with van der Waals surface area (Å²) < 4.78 is 33.6. The van der Waals surface area contributed by atoms with Gasteiger partial charge in [0.05, 0.1) is 17.6 Å². The molecule has 1 fully saturated rings. The standard InChI is InChI=1S/C19H24N4O4S3/c1-4-11-28-19-22-21-18(29-19)20-17(24)15-12-14(5-6-16(15)27-3)30(25,26)23-9-7-13(2)8-10-23/h4-6,12-13H,1,7-11H2,2-3H3,(H,20,21,24). The molecule has 1 saturated heterocycles. The van der Waals surface area contributed by atoms with Crippen LogP contribution in [0.2, 0.25) is 0 Å². The molecule has 0 bridgehead atoms. The summed E-state index contributed by atoms with van der Waals surface area (Å²) in [5.74, 6) is 0.971. The Labute approximate surface area is 184 Å². The molecule has 11 heteroatoms. The fourth-order valence-electron chi connectivity index (χ4n) is 3.01. The molecular weight excluding hydrogens is 444 g/mol. The fraction of sp³-hybridized carbons (Fsp3) is 0.421. The van der Waals surface area contributed by atoms with E-state index >= 15 is 0 Å². The maximum Gasteiger partial charge on any atom is 0.261 e. The number of nitrogens with zero attached hydrogens (tertiary/aromatic N) is 3. The molecule has 0 unspecified atom stereocenters. The van der Waals surface area contributed by atoms with Crippen LogP contribution in [0.1, 0.15) is 30.1 Å². The SMILES string of the molecule is C=CCSc1nnc(NC(=O)c2cc(S(=O)(=O)N3CCC(C)CC3)ccc2OC)s1. The first kappa shape index (κ1) is 22.7. The largest absolute Gasteiger partial charge is 0.496 e. The smallest absolute Gasteiger partial charge is 0.261 e. The van der Waals surface area contributed by atoms with Gasteiger partial charge in [0, 0.05) is 18.8 Å². The Morgan fingerprint density at radius 2 is 2.13 bits per heavy atom. The van der Waals surface area contributed by atoms with Crippen molar-refractivity contribution in [3.8, 4) is 5.75 Å². The van der Waals surface area contributed by atoms with E-state index in [1.165, 1.54) is 52.7 Å². The molecule has 1 aliphatic rings. The molecule has 1 N–H and O–H groups in total. The molecule has 0 radical (unpaired) electrons. The van der Waals surface area contributed by atoms with Crippen molar-refractivity contribution in [2.75, 3.05) is 31.3 Å². The Kier molecular flexibility index (Phi) is 7.50. The summed E-state index contributed by atoms with van der Waals surface area (Å²) in [4.78, 5) is 12.9. The van der Waals surface area contributed by atoms with Crippen molar-refractivity contribution in [3.63, 3.8) is 0 Å². The number of rotatable bonds is 8. The summed E-state index contributed by atoms with van der Waals surface area (Å²) >= 11 is 2.70. The van der Waals surface area contributed by atoms with Gasteiger partial charge in [-0.25, -0.2) is 8.42 Å². The number of amides is 1. The molecule has 1 amide bonds. The molecule has 1 aliphatic heterocycles. The Morgan fingerprint density at radius 1 is 1.40 bits per heavy atom. The third-order valence-electron chi connectivity index (χ3n) is 4.75. The van der Waals surface area contributed by atoms with Crippen LogP contribution in [0, 0.1) is 5.92 Å². The van der Waals surface area contributed by atoms with Gasteiger partial charge in [0.1, 0.15) is 5.75 Å². The van der Waals surface area contributed by atoms with Gasteiger partial charge in [0.25, 0.3) is 5.91 Å². The molecule has 0 spiro atoms. The number of carbonyl (C=O) groups is 1. The Hall–Kier alpha value is -1.95. The zero-order valence-electron chi connectivity index (χ0n) is 16.8. The lowest BCUT2D eigenvalue weighted by Gasteiger charge is -2.29. The van der Waals surface area contributed by atoms with Gasteiger partial charge < -0.3 is 4.74 Å². The van der Waals surface area contributed by atoms with E-state index in [2.05, 4.69) is 29.0 Å². The van der Waals surface area contributed by atoms with Crippen LogP contribution in [-0.2, 0) is 10.0 Å². The van der Waals surface area contributed by atoms with Gasteiger partial charge in [-0.05, 0) is 37.0 Å². The number of anilines is 1. The topological polar surface area (TPSA) is 101 Å². The van der Waals surface area contributed by atoms with E-state index in [9.17, 15) is 13.2 Å². The minimum absolute atomic E-state index is 0.0718. The lowest BCUT2D eigenvalue weighted by molar-refractivity contribution is 0.102. The van der Waals surface area contributed by atoms with Gasteiger partial charge >= 0.3 is 0 Å². The number of benzene rings is 1. The lowest BCUT2D eigenvalue weighted by atomic mass is 10.0. The van der Waals surface area contributed by atoms with E-state index in [0.29, 0.717) is 34.2 Å². The number of methoxy groups -OCH3 is 1. The molecule has 30 heavy (non-hydrogen) atoms. The summed E-state index contributed by atoms with van der Waals surface area (Å²) in [6.45, 7) is 6.73. The highest BCUT2D eigenvalue weighted by molar-refractivity contribution is 8.01. The van der Waals surface area contributed by atoms with Gasteiger partial charge in [-0.3, -0.25) is 10.1 Å². The third-order valence-corrected chi connectivity index (χ3v) is 8.61. The average molecular weight is 469 g/mol. The first-order valence-corrected chi connectivity index (χ1v) is 12.7. The predicted octanol–water partition coefficient (Wildman–Crippen LogP) is 3.50. The summed E-state index contributed by atoms with van der Waals surface area (Å²) in [7, 11) is -2.25. The molecular formula is C19H24N4O4S3. The molecule has 8 nitrogen and oxygen atoms in total. The number of thioether (sulfide) groups is 1. The molecule has 0 atom stereocenters. The van der Waals surface area contributed by atoms with Crippen molar-refractivity contribution < 1.29 is 17.9 Å². The maximum atomic E-state index is 13.1. The highest BCUT2D eigenvalue weighted by Gasteiger charge is 2.29. The molecule has 1 aromatic heterocycles. The molecule has 1 aromatic carbocycles. The number of ether oxygens (including phenoxy) is 1. The molecule has 2 aromatic rings. The second-order valence-corrected chi connectivity index (χ2v) is 11.1. The van der Waals surface area contributed by atoms with Gasteiger partial charge in [0.15, 0.2) is 4.34 Å². The molecule has 2 heterocycles. The average Bonchev–Trinajstić information content (AvgIpc) is 3.19. The van der Waals surface area contributed by atoms with Crippen LogP contribution in [0.3, 0.4) is 0 Å².